The van der Waals surface area contributed by atoms with Crippen LogP contribution in [-0.2, 0) is 11.3 Å². The number of nitrogens with zero attached hydrogens (tertiary/aromatic N) is 3. The second-order valence-electron chi connectivity index (χ2n) is 8.24. The predicted molar refractivity (Wildman–Crippen MR) is 121 cm³/mol. The summed E-state index contributed by atoms with van der Waals surface area (Å²) >= 11 is 0. The number of pyridine rings is 3. The van der Waals surface area contributed by atoms with E-state index in [4.69, 9.17) is 9.72 Å². The minimum Gasteiger partial charge on any atom is -0.444 e. The molecular formula is C25H24N4O2. The molecule has 0 fully saturated rings. The third-order valence-corrected chi connectivity index (χ3v) is 4.62. The van der Waals surface area contributed by atoms with Crippen molar-refractivity contribution in [3.8, 4) is 22.4 Å². The first-order valence-corrected chi connectivity index (χ1v) is 10.1. The normalized spacial score (nSPS) is 11.3. The Hall–Kier alpha value is -3.80. The molecular weight excluding hydrogens is 388 g/mol. The van der Waals surface area contributed by atoms with Crippen LogP contribution < -0.4 is 5.32 Å². The van der Waals surface area contributed by atoms with Gasteiger partial charge in [-0.1, -0.05) is 30.3 Å². The summed E-state index contributed by atoms with van der Waals surface area (Å²) in [6, 6.07) is 18.1. The monoisotopic (exact) mass is 412 g/mol. The summed E-state index contributed by atoms with van der Waals surface area (Å²) in [5.41, 5.74) is 5.09. The molecule has 156 valence electrons. The van der Waals surface area contributed by atoms with E-state index in [9.17, 15) is 4.79 Å². The number of fused-ring (bicyclic) bond motifs is 1. The average Bonchev–Trinajstić information content (AvgIpc) is 2.77. The molecule has 0 radical (unpaired) electrons. The van der Waals surface area contributed by atoms with Gasteiger partial charge in [-0.05, 0) is 56.2 Å². The van der Waals surface area contributed by atoms with Crippen molar-refractivity contribution in [2.45, 2.75) is 32.9 Å². The second-order valence-corrected chi connectivity index (χ2v) is 8.24. The summed E-state index contributed by atoms with van der Waals surface area (Å²) in [6.45, 7) is 5.76. The van der Waals surface area contributed by atoms with Crippen LogP contribution in [0, 0.1) is 0 Å². The Morgan fingerprint density at radius 1 is 0.968 bits per heavy atom. The fraction of sp³-hybridized carbons (Fsp3) is 0.200. The number of hydrogen-bond acceptors (Lipinski definition) is 5. The average molecular weight is 412 g/mol. The zero-order valence-electron chi connectivity index (χ0n) is 17.8. The molecule has 0 aliphatic rings. The number of ether oxygens (including phenoxy) is 1. The van der Waals surface area contributed by atoms with Gasteiger partial charge in [-0.25, -0.2) is 9.78 Å². The van der Waals surface area contributed by atoms with E-state index >= 15 is 0 Å². The van der Waals surface area contributed by atoms with Gasteiger partial charge < -0.3 is 10.1 Å². The molecule has 4 aromatic rings. The Balaban J connectivity index is 1.52. The van der Waals surface area contributed by atoms with Crippen molar-refractivity contribution in [3.05, 3.63) is 78.9 Å². The number of rotatable bonds is 4. The molecule has 0 unspecified atom stereocenters. The largest absolute Gasteiger partial charge is 0.444 e. The molecule has 1 aromatic carbocycles. The quantitative estimate of drug-likeness (QED) is 0.487. The number of alkyl carbamates (subject to hydrolysis) is 1. The first-order valence-electron chi connectivity index (χ1n) is 10.1. The van der Waals surface area contributed by atoms with Crippen molar-refractivity contribution in [2.75, 3.05) is 0 Å². The number of carbonyl (C=O) groups excluding carboxylic acids is 1. The molecule has 6 nitrogen and oxygen atoms in total. The molecule has 3 heterocycles. The maximum atomic E-state index is 11.9. The highest BCUT2D eigenvalue weighted by molar-refractivity contribution is 5.81. The molecule has 0 saturated heterocycles. The van der Waals surface area contributed by atoms with Crippen molar-refractivity contribution in [1.29, 1.82) is 0 Å². The summed E-state index contributed by atoms with van der Waals surface area (Å²) in [4.78, 5) is 25.3. The third kappa shape index (κ3) is 5.22. The summed E-state index contributed by atoms with van der Waals surface area (Å²) in [5, 5.41) is 3.67. The van der Waals surface area contributed by atoms with Crippen LogP contribution >= 0.6 is 0 Å². The van der Waals surface area contributed by atoms with Gasteiger partial charge in [0, 0.05) is 29.5 Å². The fourth-order valence-electron chi connectivity index (χ4n) is 3.16. The number of amides is 1. The Kier molecular flexibility index (Phi) is 5.62. The van der Waals surface area contributed by atoms with Crippen LogP contribution in [0.1, 0.15) is 26.5 Å². The summed E-state index contributed by atoms with van der Waals surface area (Å²) in [6.07, 6.45) is 4.92. The first-order chi connectivity index (χ1) is 14.9. The van der Waals surface area contributed by atoms with Gasteiger partial charge in [0.15, 0.2) is 0 Å². The summed E-state index contributed by atoms with van der Waals surface area (Å²) in [5.74, 6) is 0. The summed E-state index contributed by atoms with van der Waals surface area (Å²) in [7, 11) is 0. The van der Waals surface area contributed by atoms with Gasteiger partial charge in [-0.15, -0.1) is 0 Å². The van der Waals surface area contributed by atoms with Crippen LogP contribution in [0.15, 0.2) is 73.2 Å². The molecule has 0 aliphatic heterocycles. The maximum absolute atomic E-state index is 11.9. The van der Waals surface area contributed by atoms with Crippen molar-refractivity contribution in [3.63, 3.8) is 0 Å². The highest BCUT2D eigenvalue weighted by atomic mass is 16.6. The van der Waals surface area contributed by atoms with Crippen LogP contribution in [0.25, 0.3) is 33.3 Å². The van der Waals surface area contributed by atoms with Gasteiger partial charge >= 0.3 is 6.09 Å². The van der Waals surface area contributed by atoms with E-state index in [2.05, 4.69) is 39.6 Å². The van der Waals surface area contributed by atoms with Gasteiger partial charge in [-0.3, -0.25) is 9.97 Å². The molecule has 0 saturated carbocycles. The van der Waals surface area contributed by atoms with Crippen molar-refractivity contribution < 1.29 is 9.53 Å². The van der Waals surface area contributed by atoms with Crippen molar-refractivity contribution in [1.82, 2.24) is 20.3 Å². The van der Waals surface area contributed by atoms with E-state index in [0.717, 1.165) is 39.0 Å². The van der Waals surface area contributed by atoms with Crippen LogP contribution in [0.4, 0.5) is 4.79 Å². The lowest BCUT2D eigenvalue weighted by Crippen LogP contribution is -2.32. The topological polar surface area (TPSA) is 77.0 Å². The van der Waals surface area contributed by atoms with Crippen molar-refractivity contribution in [2.24, 2.45) is 0 Å². The highest BCUT2D eigenvalue weighted by Gasteiger charge is 2.16. The molecule has 31 heavy (non-hydrogen) atoms. The third-order valence-electron chi connectivity index (χ3n) is 4.62. The van der Waals surface area contributed by atoms with Crippen LogP contribution in [0.5, 0.6) is 0 Å². The molecule has 0 bridgehead atoms. The van der Waals surface area contributed by atoms with Gasteiger partial charge in [0.2, 0.25) is 0 Å². The van der Waals surface area contributed by atoms with Gasteiger partial charge in [0.05, 0.1) is 23.4 Å². The van der Waals surface area contributed by atoms with E-state index in [0.29, 0.717) is 0 Å². The van der Waals surface area contributed by atoms with E-state index in [1.807, 2.05) is 57.3 Å². The number of hydrogen-bond donors (Lipinski definition) is 1. The van der Waals surface area contributed by atoms with E-state index in [-0.39, 0.29) is 6.54 Å². The zero-order valence-corrected chi connectivity index (χ0v) is 17.8. The molecule has 0 aliphatic carbocycles. The summed E-state index contributed by atoms with van der Waals surface area (Å²) < 4.78 is 5.27. The zero-order chi connectivity index (χ0) is 21.8. The number of aromatic nitrogens is 3. The molecule has 1 N–H and O–H groups in total. The van der Waals surface area contributed by atoms with Crippen LogP contribution in [0.2, 0.25) is 0 Å². The Morgan fingerprint density at radius 2 is 1.74 bits per heavy atom. The minimum atomic E-state index is -0.538. The smallest absolute Gasteiger partial charge is 0.407 e. The van der Waals surface area contributed by atoms with Gasteiger partial charge in [0.1, 0.15) is 5.60 Å². The molecule has 4 rings (SSSR count). The van der Waals surface area contributed by atoms with Gasteiger partial charge in [-0.2, -0.15) is 0 Å². The maximum Gasteiger partial charge on any atom is 0.407 e. The van der Waals surface area contributed by atoms with E-state index < -0.39 is 11.7 Å². The van der Waals surface area contributed by atoms with Crippen LogP contribution in [-0.4, -0.2) is 26.6 Å². The molecule has 0 atom stereocenters. The number of benzene rings is 1. The molecule has 1 amide bonds. The van der Waals surface area contributed by atoms with Gasteiger partial charge in [0.25, 0.3) is 0 Å². The first kappa shape index (κ1) is 20.5. The van der Waals surface area contributed by atoms with E-state index in [1.54, 1.807) is 12.4 Å². The molecule has 0 spiro atoms. The lowest BCUT2D eigenvalue weighted by Gasteiger charge is -2.19. The minimum absolute atomic E-state index is 0.274. The number of nitrogens with one attached hydrogen (secondary N) is 1. The second kappa shape index (κ2) is 8.52. The standard InChI is InChI=1S/C25H24N4O2/c1-25(2,3)31-24(30)28-16-21-13-23-20(15-27-21)10-11-22(29-23)18-8-6-17(7-9-18)19-5-4-12-26-14-19/h4-15H,16H2,1-3H3,(H,28,30). The fourth-order valence-corrected chi connectivity index (χ4v) is 3.16. The van der Waals surface area contributed by atoms with E-state index in [1.165, 1.54) is 0 Å². The Morgan fingerprint density at radius 3 is 2.45 bits per heavy atom. The number of carbonyl (C=O) groups is 1. The molecule has 3 aromatic heterocycles. The predicted octanol–water partition coefficient (Wildman–Crippen LogP) is 5.38. The Labute approximate surface area is 181 Å². The lowest BCUT2D eigenvalue weighted by molar-refractivity contribution is 0.0523. The SMILES string of the molecule is CC(C)(C)OC(=O)NCc1cc2nc(-c3ccc(-c4cccnc4)cc3)ccc2cn1. The Bertz CT molecular complexity index is 1200. The van der Waals surface area contributed by atoms with Crippen molar-refractivity contribution >= 4 is 17.0 Å². The lowest BCUT2D eigenvalue weighted by atomic mass is 10.0. The molecule has 6 heteroatoms. The highest BCUT2D eigenvalue weighted by Crippen LogP contribution is 2.25. The van der Waals surface area contributed by atoms with Crippen LogP contribution in [0.3, 0.4) is 0 Å².